The van der Waals surface area contributed by atoms with Gasteiger partial charge in [0, 0.05) is 5.69 Å². The Bertz CT molecular complexity index is 699. The normalized spacial score (nSPS) is 12.1. The number of hydrogen-bond acceptors (Lipinski definition) is 2. The summed E-state index contributed by atoms with van der Waals surface area (Å²) in [6.07, 6.45) is -4.48. The molecule has 21 heavy (non-hydrogen) atoms. The van der Waals surface area contributed by atoms with Crippen molar-refractivity contribution in [2.24, 2.45) is 0 Å². The summed E-state index contributed by atoms with van der Waals surface area (Å²) in [4.78, 5) is 12.2. The zero-order valence-electron chi connectivity index (χ0n) is 11.5. The number of aromatic nitrogens is 2. The molecule has 4 nitrogen and oxygen atoms in total. The lowest BCUT2D eigenvalue weighted by molar-refractivity contribution is -0.137. The summed E-state index contributed by atoms with van der Waals surface area (Å²) < 4.78 is 39.2. The van der Waals surface area contributed by atoms with E-state index in [4.69, 9.17) is 0 Å². The van der Waals surface area contributed by atoms with Gasteiger partial charge in [0.25, 0.3) is 5.56 Å². The number of nitrogens with one attached hydrogen (secondary N) is 1. The summed E-state index contributed by atoms with van der Waals surface area (Å²) >= 11 is 0. The van der Waals surface area contributed by atoms with Crippen molar-refractivity contribution in [2.45, 2.75) is 32.5 Å². The summed E-state index contributed by atoms with van der Waals surface area (Å²) in [6, 6.07) is 4.47. The summed E-state index contributed by atoms with van der Waals surface area (Å²) in [5.41, 5.74) is -0.614. The number of aromatic amines is 1. The lowest BCUT2D eigenvalue weighted by atomic mass is 10.1. The number of aliphatic hydroxyl groups is 1. The van der Waals surface area contributed by atoms with Crippen molar-refractivity contribution in [3.8, 4) is 5.69 Å². The van der Waals surface area contributed by atoms with Gasteiger partial charge in [0.05, 0.1) is 23.4 Å². The number of aliphatic hydroxyl groups excluding tert-OH is 1. The van der Waals surface area contributed by atoms with Crippen LogP contribution in [0, 0.1) is 0 Å². The maximum atomic E-state index is 12.7. The molecular formula is C14H15F3N2O2. The molecular weight excluding hydrogens is 285 g/mol. The van der Waals surface area contributed by atoms with E-state index < -0.39 is 23.9 Å². The average molecular weight is 300 g/mol. The van der Waals surface area contributed by atoms with Gasteiger partial charge in [-0.1, -0.05) is 19.9 Å². The molecule has 7 heteroatoms. The van der Waals surface area contributed by atoms with Gasteiger partial charge in [0.2, 0.25) is 0 Å². The van der Waals surface area contributed by atoms with Gasteiger partial charge in [-0.05, 0) is 24.1 Å². The van der Waals surface area contributed by atoms with Crippen molar-refractivity contribution in [2.75, 3.05) is 0 Å². The molecule has 114 valence electrons. The summed E-state index contributed by atoms with van der Waals surface area (Å²) in [5, 5.41) is 12.1. The second kappa shape index (κ2) is 5.40. The molecule has 0 unspecified atom stereocenters. The minimum absolute atomic E-state index is 0.0631. The fraction of sp³-hybridized carbons (Fsp3) is 0.357. The first-order valence-corrected chi connectivity index (χ1v) is 6.38. The fourth-order valence-electron chi connectivity index (χ4n) is 2.12. The Hall–Kier alpha value is -2.02. The predicted molar refractivity (Wildman–Crippen MR) is 71.4 cm³/mol. The number of halogens is 3. The summed E-state index contributed by atoms with van der Waals surface area (Å²) in [6.45, 7) is 3.18. The second-order valence-corrected chi connectivity index (χ2v) is 5.01. The summed E-state index contributed by atoms with van der Waals surface area (Å²) in [7, 11) is 0. The first kappa shape index (κ1) is 15.4. The third kappa shape index (κ3) is 2.87. The van der Waals surface area contributed by atoms with Gasteiger partial charge in [-0.3, -0.25) is 9.89 Å². The second-order valence-electron chi connectivity index (χ2n) is 5.01. The third-order valence-electron chi connectivity index (χ3n) is 3.19. The molecule has 0 saturated heterocycles. The number of hydrogen-bond donors (Lipinski definition) is 2. The van der Waals surface area contributed by atoms with Crippen LogP contribution in [0.1, 0.15) is 36.6 Å². The van der Waals surface area contributed by atoms with Crippen LogP contribution in [0.4, 0.5) is 13.2 Å². The average Bonchev–Trinajstić information content (AvgIpc) is 2.75. The highest BCUT2D eigenvalue weighted by molar-refractivity contribution is 5.38. The van der Waals surface area contributed by atoms with Crippen LogP contribution in [0.15, 0.2) is 29.1 Å². The van der Waals surface area contributed by atoms with Crippen molar-refractivity contribution in [3.05, 3.63) is 51.4 Å². The van der Waals surface area contributed by atoms with E-state index in [0.717, 1.165) is 16.8 Å². The Morgan fingerprint density at radius 1 is 1.33 bits per heavy atom. The van der Waals surface area contributed by atoms with Gasteiger partial charge < -0.3 is 5.11 Å². The quantitative estimate of drug-likeness (QED) is 0.915. The predicted octanol–water partition coefficient (Wildman–Crippen LogP) is 2.80. The molecule has 0 spiro atoms. The Labute approximate surface area is 118 Å². The standard InChI is InChI=1S/C14H15F3N2O2/c1-8(2)12-11(7-20)13(21)19(18-12)10-5-3-4-9(6-10)14(15,16)17/h3-6,8,18,20H,7H2,1-2H3. The van der Waals surface area contributed by atoms with Crippen LogP contribution in [0.3, 0.4) is 0 Å². The van der Waals surface area contributed by atoms with E-state index in [0.29, 0.717) is 5.69 Å². The molecule has 0 fully saturated rings. The van der Waals surface area contributed by atoms with Crippen molar-refractivity contribution < 1.29 is 18.3 Å². The number of nitrogens with zero attached hydrogens (tertiary/aromatic N) is 1. The van der Waals surface area contributed by atoms with Crippen LogP contribution in [0.5, 0.6) is 0 Å². The molecule has 2 N–H and O–H groups in total. The smallest absolute Gasteiger partial charge is 0.391 e. The molecule has 0 aliphatic carbocycles. The van der Waals surface area contributed by atoms with Gasteiger partial charge >= 0.3 is 6.18 Å². The lowest BCUT2D eigenvalue weighted by Gasteiger charge is -2.09. The Morgan fingerprint density at radius 3 is 2.48 bits per heavy atom. The van der Waals surface area contributed by atoms with E-state index in [-0.39, 0.29) is 17.2 Å². The molecule has 0 amide bonds. The minimum Gasteiger partial charge on any atom is -0.391 e. The molecule has 0 aliphatic rings. The van der Waals surface area contributed by atoms with Crippen molar-refractivity contribution in [1.29, 1.82) is 0 Å². The topological polar surface area (TPSA) is 58.0 Å². The number of H-pyrrole nitrogens is 1. The lowest BCUT2D eigenvalue weighted by Crippen LogP contribution is -2.18. The molecule has 1 heterocycles. The van der Waals surface area contributed by atoms with Crippen LogP contribution in [0.25, 0.3) is 5.69 Å². The summed E-state index contributed by atoms with van der Waals surface area (Å²) in [5.74, 6) is -0.0631. The SMILES string of the molecule is CC(C)c1[nH]n(-c2cccc(C(F)(F)F)c2)c(=O)c1CO. The third-order valence-corrected chi connectivity index (χ3v) is 3.19. The minimum atomic E-state index is -4.48. The molecule has 0 saturated carbocycles. The van der Waals surface area contributed by atoms with E-state index in [1.807, 2.05) is 13.8 Å². The van der Waals surface area contributed by atoms with E-state index in [2.05, 4.69) is 5.10 Å². The van der Waals surface area contributed by atoms with Crippen LogP contribution in [0.2, 0.25) is 0 Å². The number of benzene rings is 1. The van der Waals surface area contributed by atoms with E-state index in [9.17, 15) is 23.1 Å². The van der Waals surface area contributed by atoms with Gasteiger partial charge in [0.15, 0.2) is 0 Å². The molecule has 1 aromatic carbocycles. The van der Waals surface area contributed by atoms with E-state index >= 15 is 0 Å². The molecule has 2 rings (SSSR count). The van der Waals surface area contributed by atoms with Gasteiger partial charge in [-0.15, -0.1) is 0 Å². The Balaban J connectivity index is 2.60. The van der Waals surface area contributed by atoms with Crippen molar-refractivity contribution in [1.82, 2.24) is 9.78 Å². The molecule has 0 aliphatic heterocycles. The van der Waals surface area contributed by atoms with Crippen LogP contribution in [-0.4, -0.2) is 14.9 Å². The first-order valence-electron chi connectivity index (χ1n) is 6.38. The molecule has 0 atom stereocenters. The van der Waals surface area contributed by atoms with Gasteiger partial charge in [0.1, 0.15) is 0 Å². The largest absolute Gasteiger partial charge is 0.416 e. The maximum absolute atomic E-state index is 12.7. The molecule has 2 aromatic rings. The first-order chi connectivity index (χ1) is 9.75. The zero-order valence-corrected chi connectivity index (χ0v) is 11.5. The van der Waals surface area contributed by atoms with Crippen LogP contribution < -0.4 is 5.56 Å². The number of rotatable bonds is 3. The highest BCUT2D eigenvalue weighted by Gasteiger charge is 2.30. The van der Waals surface area contributed by atoms with Gasteiger partial charge in [-0.25, -0.2) is 4.68 Å². The molecule has 0 bridgehead atoms. The van der Waals surface area contributed by atoms with Crippen molar-refractivity contribution >= 4 is 0 Å². The van der Waals surface area contributed by atoms with Gasteiger partial charge in [-0.2, -0.15) is 13.2 Å². The maximum Gasteiger partial charge on any atom is 0.416 e. The zero-order chi connectivity index (χ0) is 15.8. The van der Waals surface area contributed by atoms with E-state index in [1.54, 1.807) is 0 Å². The highest BCUT2D eigenvalue weighted by Crippen LogP contribution is 2.30. The Kier molecular flexibility index (Phi) is 3.95. The van der Waals surface area contributed by atoms with Crippen LogP contribution in [-0.2, 0) is 12.8 Å². The molecule has 1 aromatic heterocycles. The van der Waals surface area contributed by atoms with Crippen LogP contribution >= 0.6 is 0 Å². The fourth-order valence-corrected chi connectivity index (χ4v) is 2.12. The highest BCUT2D eigenvalue weighted by atomic mass is 19.4. The number of alkyl halides is 3. The molecule has 0 radical (unpaired) electrons. The Morgan fingerprint density at radius 2 is 2.00 bits per heavy atom. The monoisotopic (exact) mass is 300 g/mol. The van der Waals surface area contributed by atoms with E-state index in [1.165, 1.54) is 12.1 Å². The van der Waals surface area contributed by atoms with Crippen molar-refractivity contribution in [3.63, 3.8) is 0 Å².